The zero-order chi connectivity index (χ0) is 7.98. The molecule has 0 saturated heterocycles. The predicted molar refractivity (Wildman–Crippen MR) is 44.5 cm³/mol. The number of ketones is 1. The Balaban J connectivity index is 3.21. The van der Waals surface area contributed by atoms with Gasteiger partial charge in [0, 0.05) is 0 Å². The highest BCUT2D eigenvalue weighted by Gasteiger charge is 2.07. The van der Waals surface area contributed by atoms with Gasteiger partial charge in [-0.05, 0) is 13.3 Å². The lowest BCUT2D eigenvalue weighted by Crippen LogP contribution is -2.09. The van der Waals surface area contributed by atoms with Crippen molar-refractivity contribution >= 4 is 17.4 Å². The monoisotopic (exact) mass is 162 g/mol. The van der Waals surface area contributed by atoms with Gasteiger partial charge in [-0.15, -0.1) is 11.6 Å². The fourth-order valence-electron chi connectivity index (χ4n) is 0.777. The minimum atomic E-state index is -0.244. The second-order valence-corrected chi connectivity index (χ2v) is 3.10. The van der Waals surface area contributed by atoms with Gasteiger partial charge in [0.2, 0.25) is 0 Å². The molecule has 1 nitrogen and oxygen atoms in total. The molecule has 1 atom stereocenters. The first-order chi connectivity index (χ1) is 4.68. The van der Waals surface area contributed by atoms with Gasteiger partial charge in [-0.25, -0.2) is 0 Å². The molecule has 2 heteroatoms. The number of Topliss-reactive ketones (excluding diaryl/α,β-unsaturated/α-hetero) is 1. The number of alkyl halides is 1. The smallest absolute Gasteiger partial charge is 0.147 e. The number of hydrogen-bond acceptors (Lipinski definition) is 1. The van der Waals surface area contributed by atoms with E-state index >= 15 is 0 Å². The summed E-state index contributed by atoms with van der Waals surface area (Å²) in [6, 6.07) is 0. The van der Waals surface area contributed by atoms with Gasteiger partial charge < -0.3 is 0 Å². The van der Waals surface area contributed by atoms with E-state index in [1.807, 2.05) is 0 Å². The third-order valence-electron chi connectivity index (χ3n) is 1.50. The van der Waals surface area contributed by atoms with Gasteiger partial charge in [0.25, 0.3) is 0 Å². The van der Waals surface area contributed by atoms with Gasteiger partial charge in [-0.2, -0.15) is 0 Å². The van der Waals surface area contributed by atoms with Crippen LogP contribution in [0.25, 0.3) is 0 Å². The SMILES string of the molecule is CCCCCC(Cl)C(C)=O. The van der Waals surface area contributed by atoms with Crippen LogP contribution in [0.15, 0.2) is 0 Å². The lowest BCUT2D eigenvalue weighted by Gasteiger charge is -2.02. The highest BCUT2D eigenvalue weighted by molar-refractivity contribution is 6.30. The summed E-state index contributed by atoms with van der Waals surface area (Å²) < 4.78 is 0. The molecule has 0 spiro atoms. The van der Waals surface area contributed by atoms with Crippen LogP contribution in [0.5, 0.6) is 0 Å². The summed E-state index contributed by atoms with van der Waals surface area (Å²) in [6.45, 7) is 3.68. The Morgan fingerprint density at radius 1 is 1.50 bits per heavy atom. The van der Waals surface area contributed by atoms with Gasteiger partial charge in [-0.3, -0.25) is 4.79 Å². The van der Waals surface area contributed by atoms with Crippen LogP contribution in [-0.2, 0) is 4.79 Å². The zero-order valence-corrected chi connectivity index (χ0v) is 7.45. The molecular formula is C8H15ClO. The lowest BCUT2D eigenvalue weighted by molar-refractivity contribution is -0.116. The van der Waals surface area contributed by atoms with Crippen LogP contribution < -0.4 is 0 Å². The molecule has 0 aliphatic carbocycles. The fraction of sp³-hybridized carbons (Fsp3) is 0.875. The molecule has 0 N–H and O–H groups in total. The van der Waals surface area contributed by atoms with E-state index in [1.54, 1.807) is 6.92 Å². The average molecular weight is 163 g/mol. The number of carbonyl (C=O) groups excluding carboxylic acids is 1. The van der Waals surface area contributed by atoms with E-state index < -0.39 is 0 Å². The van der Waals surface area contributed by atoms with Crippen molar-refractivity contribution in [3.63, 3.8) is 0 Å². The summed E-state index contributed by atoms with van der Waals surface area (Å²) in [5.74, 6) is 0.0952. The Kier molecular flexibility index (Phi) is 5.70. The van der Waals surface area contributed by atoms with Crippen molar-refractivity contribution in [3.8, 4) is 0 Å². The van der Waals surface area contributed by atoms with E-state index in [-0.39, 0.29) is 11.2 Å². The maximum absolute atomic E-state index is 10.6. The van der Waals surface area contributed by atoms with Crippen LogP contribution in [0.4, 0.5) is 0 Å². The Hall–Kier alpha value is -0.0400. The second-order valence-electron chi connectivity index (χ2n) is 2.57. The first-order valence-corrected chi connectivity index (χ1v) is 4.26. The molecule has 60 valence electrons. The van der Waals surface area contributed by atoms with Gasteiger partial charge in [-0.1, -0.05) is 26.2 Å². The van der Waals surface area contributed by atoms with E-state index in [9.17, 15) is 4.79 Å². The van der Waals surface area contributed by atoms with E-state index in [1.165, 1.54) is 12.8 Å². The molecule has 0 aliphatic heterocycles. The van der Waals surface area contributed by atoms with Crippen LogP contribution in [-0.4, -0.2) is 11.2 Å². The standard InChI is InChI=1S/C8H15ClO/c1-3-4-5-6-8(9)7(2)10/h8H,3-6H2,1-2H3. The minimum absolute atomic E-state index is 0.0952. The summed E-state index contributed by atoms with van der Waals surface area (Å²) in [4.78, 5) is 10.6. The molecule has 0 rings (SSSR count). The van der Waals surface area contributed by atoms with Crippen LogP contribution in [0, 0.1) is 0 Å². The topological polar surface area (TPSA) is 17.1 Å². The zero-order valence-electron chi connectivity index (χ0n) is 6.69. The minimum Gasteiger partial charge on any atom is -0.298 e. The Morgan fingerprint density at radius 2 is 2.10 bits per heavy atom. The number of halogens is 1. The van der Waals surface area contributed by atoms with Crippen molar-refractivity contribution in [1.29, 1.82) is 0 Å². The van der Waals surface area contributed by atoms with Gasteiger partial charge >= 0.3 is 0 Å². The number of hydrogen-bond donors (Lipinski definition) is 0. The molecule has 10 heavy (non-hydrogen) atoms. The van der Waals surface area contributed by atoms with E-state index in [2.05, 4.69) is 6.92 Å². The highest BCUT2D eigenvalue weighted by Crippen LogP contribution is 2.09. The van der Waals surface area contributed by atoms with Crippen molar-refractivity contribution in [2.75, 3.05) is 0 Å². The molecule has 0 bridgehead atoms. The molecule has 0 fully saturated rings. The third kappa shape index (κ3) is 4.80. The molecule has 0 heterocycles. The molecule has 0 aromatic carbocycles. The third-order valence-corrected chi connectivity index (χ3v) is 2.03. The Bertz CT molecular complexity index is 101. The van der Waals surface area contributed by atoms with Crippen molar-refractivity contribution in [2.24, 2.45) is 0 Å². The molecule has 0 aromatic heterocycles. The summed E-state index contributed by atoms with van der Waals surface area (Å²) in [5.41, 5.74) is 0. The van der Waals surface area contributed by atoms with E-state index in [0.717, 1.165) is 12.8 Å². The molecular weight excluding hydrogens is 148 g/mol. The molecule has 0 aromatic rings. The number of carbonyl (C=O) groups is 1. The first-order valence-electron chi connectivity index (χ1n) is 3.83. The normalized spacial score (nSPS) is 13.1. The van der Waals surface area contributed by atoms with E-state index in [4.69, 9.17) is 11.6 Å². The van der Waals surface area contributed by atoms with Crippen LogP contribution in [0.1, 0.15) is 39.5 Å². The summed E-state index contributed by atoms with van der Waals surface area (Å²) in [6.07, 6.45) is 4.27. The lowest BCUT2D eigenvalue weighted by atomic mass is 10.1. The van der Waals surface area contributed by atoms with Crippen LogP contribution in [0.3, 0.4) is 0 Å². The van der Waals surface area contributed by atoms with Crippen molar-refractivity contribution in [1.82, 2.24) is 0 Å². The molecule has 0 saturated carbocycles. The van der Waals surface area contributed by atoms with Crippen LogP contribution >= 0.6 is 11.6 Å². The van der Waals surface area contributed by atoms with Gasteiger partial charge in [0.1, 0.15) is 5.78 Å². The summed E-state index contributed by atoms with van der Waals surface area (Å²) in [5, 5.41) is -0.244. The van der Waals surface area contributed by atoms with Crippen molar-refractivity contribution < 1.29 is 4.79 Å². The summed E-state index contributed by atoms with van der Waals surface area (Å²) in [7, 11) is 0. The van der Waals surface area contributed by atoms with Gasteiger partial charge in [0.15, 0.2) is 0 Å². The Labute approximate surface area is 67.8 Å². The number of unbranched alkanes of at least 4 members (excludes halogenated alkanes) is 2. The summed E-state index contributed by atoms with van der Waals surface area (Å²) >= 11 is 5.70. The fourth-order valence-corrected chi connectivity index (χ4v) is 0.931. The van der Waals surface area contributed by atoms with Crippen molar-refractivity contribution in [3.05, 3.63) is 0 Å². The number of rotatable bonds is 5. The van der Waals surface area contributed by atoms with Gasteiger partial charge in [0.05, 0.1) is 5.38 Å². The quantitative estimate of drug-likeness (QED) is 0.449. The molecule has 1 unspecified atom stereocenters. The van der Waals surface area contributed by atoms with E-state index in [0.29, 0.717) is 0 Å². The van der Waals surface area contributed by atoms with Crippen molar-refractivity contribution in [2.45, 2.75) is 44.9 Å². The maximum Gasteiger partial charge on any atom is 0.147 e. The second kappa shape index (κ2) is 5.72. The Morgan fingerprint density at radius 3 is 2.50 bits per heavy atom. The average Bonchev–Trinajstić information content (AvgIpc) is 1.88. The molecule has 0 amide bonds. The molecule has 0 radical (unpaired) electrons. The maximum atomic E-state index is 10.6. The highest BCUT2D eigenvalue weighted by atomic mass is 35.5. The van der Waals surface area contributed by atoms with Crippen LogP contribution in [0.2, 0.25) is 0 Å². The largest absolute Gasteiger partial charge is 0.298 e. The predicted octanol–water partition coefficient (Wildman–Crippen LogP) is 2.76. The molecule has 0 aliphatic rings. The first kappa shape index (κ1) is 9.96.